The summed E-state index contributed by atoms with van der Waals surface area (Å²) in [5.41, 5.74) is 5.47. The third-order valence-corrected chi connectivity index (χ3v) is 6.13. The Morgan fingerprint density at radius 2 is 1.81 bits per heavy atom. The standard InChI is InChI=1S/C22H25ClO4/c1-3-14-4-6-15(7-5-14)10-16-17-12-26-22(18(17)8-9-19(16)23)11-20(24)21(25)13(2)27-22/h4-9,13,20-21,24-25H,3,10-12H2,1-2H3/t13-,20-,21-,22?/m1/s1. The highest BCUT2D eigenvalue weighted by Crippen LogP contribution is 2.47. The molecule has 1 spiro atoms. The van der Waals surface area contributed by atoms with Gasteiger partial charge < -0.3 is 19.7 Å². The van der Waals surface area contributed by atoms with Crippen molar-refractivity contribution in [2.24, 2.45) is 0 Å². The van der Waals surface area contributed by atoms with Gasteiger partial charge in [-0.25, -0.2) is 0 Å². The van der Waals surface area contributed by atoms with Crippen molar-refractivity contribution in [3.8, 4) is 0 Å². The molecule has 2 aliphatic rings. The monoisotopic (exact) mass is 388 g/mol. The molecule has 0 amide bonds. The van der Waals surface area contributed by atoms with Crippen LogP contribution >= 0.6 is 11.6 Å². The van der Waals surface area contributed by atoms with E-state index in [0.29, 0.717) is 18.1 Å². The summed E-state index contributed by atoms with van der Waals surface area (Å²) in [4.78, 5) is 0. The average molecular weight is 389 g/mol. The molecule has 5 heteroatoms. The van der Waals surface area contributed by atoms with Gasteiger partial charge in [0.1, 0.15) is 6.10 Å². The summed E-state index contributed by atoms with van der Waals surface area (Å²) in [6, 6.07) is 12.4. The van der Waals surface area contributed by atoms with Crippen LogP contribution in [0.4, 0.5) is 0 Å². The fourth-order valence-corrected chi connectivity index (χ4v) is 4.38. The van der Waals surface area contributed by atoms with Gasteiger partial charge in [0.15, 0.2) is 5.79 Å². The molecule has 2 N–H and O–H groups in total. The number of aliphatic hydroxyl groups excluding tert-OH is 2. The molecule has 1 fully saturated rings. The van der Waals surface area contributed by atoms with Crippen LogP contribution in [0.2, 0.25) is 5.02 Å². The van der Waals surface area contributed by atoms with Gasteiger partial charge in [-0.2, -0.15) is 0 Å². The zero-order valence-corrected chi connectivity index (χ0v) is 16.4. The van der Waals surface area contributed by atoms with E-state index in [2.05, 4.69) is 31.2 Å². The van der Waals surface area contributed by atoms with E-state index in [1.807, 2.05) is 12.1 Å². The molecule has 2 aromatic carbocycles. The molecule has 2 heterocycles. The highest BCUT2D eigenvalue weighted by Gasteiger charge is 2.51. The molecule has 2 aromatic rings. The van der Waals surface area contributed by atoms with Crippen LogP contribution in [0.3, 0.4) is 0 Å². The van der Waals surface area contributed by atoms with Crippen molar-refractivity contribution in [3.63, 3.8) is 0 Å². The molecule has 4 nitrogen and oxygen atoms in total. The van der Waals surface area contributed by atoms with E-state index in [-0.39, 0.29) is 6.42 Å². The van der Waals surface area contributed by atoms with E-state index in [1.165, 1.54) is 11.1 Å². The van der Waals surface area contributed by atoms with Gasteiger partial charge in [-0.3, -0.25) is 0 Å². The zero-order chi connectivity index (χ0) is 19.2. The predicted molar refractivity (Wildman–Crippen MR) is 104 cm³/mol. The van der Waals surface area contributed by atoms with Crippen molar-refractivity contribution < 1.29 is 19.7 Å². The SMILES string of the molecule is CCc1ccc(Cc2c(Cl)ccc3c2COC32C[C@@H](O)[C@H](O)[C@@H](C)O2)cc1. The van der Waals surface area contributed by atoms with Crippen LogP contribution in [0.15, 0.2) is 36.4 Å². The Morgan fingerprint density at radius 3 is 2.48 bits per heavy atom. The van der Waals surface area contributed by atoms with E-state index in [1.54, 1.807) is 6.92 Å². The van der Waals surface area contributed by atoms with Crippen LogP contribution in [0.1, 0.15) is 48.1 Å². The summed E-state index contributed by atoms with van der Waals surface area (Å²) >= 11 is 6.54. The van der Waals surface area contributed by atoms with E-state index in [4.69, 9.17) is 21.1 Å². The smallest absolute Gasteiger partial charge is 0.198 e. The van der Waals surface area contributed by atoms with Gasteiger partial charge in [-0.15, -0.1) is 0 Å². The normalized spacial score (nSPS) is 29.9. The minimum Gasteiger partial charge on any atom is -0.390 e. The lowest BCUT2D eigenvalue weighted by atomic mass is 9.88. The maximum absolute atomic E-state index is 10.3. The number of hydrogen-bond acceptors (Lipinski definition) is 4. The highest BCUT2D eigenvalue weighted by atomic mass is 35.5. The molecule has 0 bridgehead atoms. The third kappa shape index (κ3) is 3.30. The van der Waals surface area contributed by atoms with Crippen molar-refractivity contribution in [2.75, 3.05) is 0 Å². The lowest BCUT2D eigenvalue weighted by Gasteiger charge is -2.42. The first kappa shape index (κ1) is 18.9. The van der Waals surface area contributed by atoms with Crippen LogP contribution < -0.4 is 0 Å². The molecule has 0 radical (unpaired) electrons. The maximum Gasteiger partial charge on any atom is 0.198 e. The number of benzene rings is 2. The molecule has 0 saturated carbocycles. The lowest BCUT2D eigenvalue weighted by molar-refractivity contribution is -0.318. The Labute approximate surface area is 164 Å². The van der Waals surface area contributed by atoms with E-state index < -0.39 is 24.1 Å². The second kappa shape index (κ2) is 7.19. The first-order valence-corrected chi connectivity index (χ1v) is 9.88. The highest BCUT2D eigenvalue weighted by molar-refractivity contribution is 6.31. The number of halogens is 1. The number of aliphatic hydroxyl groups is 2. The van der Waals surface area contributed by atoms with Crippen molar-refractivity contribution in [1.82, 2.24) is 0 Å². The number of aryl methyl sites for hydroxylation is 1. The van der Waals surface area contributed by atoms with Crippen molar-refractivity contribution in [2.45, 2.75) is 63.8 Å². The quantitative estimate of drug-likeness (QED) is 0.841. The van der Waals surface area contributed by atoms with Crippen LogP contribution in [-0.2, 0) is 34.7 Å². The second-order valence-corrected chi connectivity index (χ2v) is 7.93. The van der Waals surface area contributed by atoms with Crippen LogP contribution in [0.5, 0.6) is 0 Å². The van der Waals surface area contributed by atoms with Crippen LogP contribution in [0.25, 0.3) is 0 Å². The summed E-state index contributed by atoms with van der Waals surface area (Å²) in [5, 5.41) is 21.0. The molecule has 1 unspecified atom stereocenters. The van der Waals surface area contributed by atoms with Gasteiger partial charge in [-0.1, -0.05) is 48.9 Å². The molecule has 0 aromatic heterocycles. The molecule has 144 valence electrons. The summed E-state index contributed by atoms with van der Waals surface area (Å²) < 4.78 is 12.1. The number of rotatable bonds is 3. The predicted octanol–water partition coefficient (Wildman–Crippen LogP) is 3.71. The van der Waals surface area contributed by atoms with E-state index in [0.717, 1.165) is 23.1 Å². The minimum absolute atomic E-state index is 0.206. The molecule has 27 heavy (non-hydrogen) atoms. The molecule has 0 aliphatic carbocycles. The van der Waals surface area contributed by atoms with Gasteiger partial charge in [0.2, 0.25) is 0 Å². The maximum atomic E-state index is 10.3. The van der Waals surface area contributed by atoms with Crippen molar-refractivity contribution in [1.29, 1.82) is 0 Å². The Bertz CT molecular complexity index is 821. The largest absolute Gasteiger partial charge is 0.390 e. The molecular weight excluding hydrogens is 364 g/mol. The van der Waals surface area contributed by atoms with Gasteiger partial charge >= 0.3 is 0 Å². The van der Waals surface area contributed by atoms with Gasteiger partial charge in [-0.05, 0) is 48.1 Å². The summed E-state index contributed by atoms with van der Waals surface area (Å²) in [5.74, 6) is -1.02. The van der Waals surface area contributed by atoms with Crippen LogP contribution in [-0.4, -0.2) is 28.5 Å². The molecule has 4 rings (SSSR count). The summed E-state index contributed by atoms with van der Waals surface area (Å²) in [6.45, 7) is 4.28. The molecular formula is C22H25ClO4. The third-order valence-electron chi connectivity index (χ3n) is 5.78. The molecule has 4 atom stereocenters. The summed E-state index contributed by atoms with van der Waals surface area (Å²) in [7, 11) is 0. The van der Waals surface area contributed by atoms with E-state index in [9.17, 15) is 10.2 Å². The lowest BCUT2D eigenvalue weighted by Crippen LogP contribution is -2.52. The topological polar surface area (TPSA) is 58.9 Å². The Kier molecular flexibility index (Phi) is 5.04. The molecule has 1 saturated heterocycles. The zero-order valence-electron chi connectivity index (χ0n) is 15.6. The minimum atomic E-state index is -1.02. The second-order valence-electron chi connectivity index (χ2n) is 7.53. The van der Waals surface area contributed by atoms with Gasteiger partial charge in [0.25, 0.3) is 0 Å². The van der Waals surface area contributed by atoms with Crippen molar-refractivity contribution in [3.05, 3.63) is 69.2 Å². The van der Waals surface area contributed by atoms with Crippen molar-refractivity contribution >= 4 is 11.6 Å². The van der Waals surface area contributed by atoms with Crippen LogP contribution in [0, 0.1) is 0 Å². The number of fused-ring (bicyclic) bond motifs is 2. The Balaban J connectivity index is 1.69. The number of hydrogen-bond donors (Lipinski definition) is 2. The Morgan fingerprint density at radius 1 is 1.11 bits per heavy atom. The first-order chi connectivity index (χ1) is 12.9. The fourth-order valence-electron chi connectivity index (χ4n) is 4.13. The number of ether oxygens (including phenoxy) is 2. The average Bonchev–Trinajstić information content (AvgIpc) is 3.00. The van der Waals surface area contributed by atoms with Gasteiger partial charge in [0.05, 0.1) is 18.8 Å². The van der Waals surface area contributed by atoms with Gasteiger partial charge in [0, 0.05) is 17.0 Å². The first-order valence-electron chi connectivity index (χ1n) is 9.50. The fraction of sp³-hybridized carbons (Fsp3) is 0.455. The van der Waals surface area contributed by atoms with E-state index >= 15 is 0 Å². The summed E-state index contributed by atoms with van der Waals surface area (Å²) in [6.07, 6.45) is -0.376. The Hall–Kier alpha value is -1.43. The molecule has 2 aliphatic heterocycles.